The first kappa shape index (κ1) is 17.8. The molecule has 1 aliphatic heterocycles. The lowest BCUT2D eigenvalue weighted by Crippen LogP contribution is -2.33. The van der Waals surface area contributed by atoms with Crippen LogP contribution in [0.1, 0.15) is 18.1 Å². The summed E-state index contributed by atoms with van der Waals surface area (Å²) in [5.74, 6) is 1.72. The number of nitrogens with zero attached hydrogens (tertiary/aromatic N) is 1. The number of hydrogen-bond donors (Lipinski definition) is 0. The SMILES string of the molecule is CCOc1ccc(OCCOCCN2CCc3ccccc3C2)cc1. The second kappa shape index (κ2) is 9.44. The van der Waals surface area contributed by atoms with Gasteiger partial charge in [0.2, 0.25) is 0 Å². The average Bonchev–Trinajstić information content (AvgIpc) is 2.66. The Morgan fingerprint density at radius 1 is 0.840 bits per heavy atom. The Morgan fingerprint density at radius 2 is 1.56 bits per heavy atom. The molecule has 0 fully saturated rings. The van der Waals surface area contributed by atoms with Crippen LogP contribution in [0.5, 0.6) is 11.5 Å². The fraction of sp³-hybridized carbons (Fsp3) is 0.429. The zero-order valence-corrected chi connectivity index (χ0v) is 14.9. The Hall–Kier alpha value is -2.04. The van der Waals surface area contributed by atoms with E-state index < -0.39 is 0 Å². The van der Waals surface area contributed by atoms with Crippen molar-refractivity contribution in [3.63, 3.8) is 0 Å². The van der Waals surface area contributed by atoms with Gasteiger partial charge in [-0.15, -0.1) is 0 Å². The Kier molecular flexibility index (Phi) is 6.71. The summed E-state index contributed by atoms with van der Waals surface area (Å²) in [6.45, 7) is 7.69. The molecule has 1 aliphatic rings. The minimum atomic E-state index is 0.566. The molecule has 0 bridgehead atoms. The molecule has 4 heteroatoms. The Morgan fingerprint density at radius 3 is 2.32 bits per heavy atom. The highest BCUT2D eigenvalue weighted by molar-refractivity contribution is 5.31. The number of fused-ring (bicyclic) bond motifs is 1. The highest BCUT2D eigenvalue weighted by atomic mass is 16.5. The predicted molar refractivity (Wildman–Crippen MR) is 99.3 cm³/mol. The van der Waals surface area contributed by atoms with Crippen LogP contribution in [0.15, 0.2) is 48.5 Å². The summed E-state index contributed by atoms with van der Waals surface area (Å²) < 4.78 is 16.8. The number of rotatable bonds is 9. The largest absolute Gasteiger partial charge is 0.494 e. The second-order valence-electron chi connectivity index (χ2n) is 6.16. The fourth-order valence-electron chi connectivity index (χ4n) is 3.06. The van der Waals surface area contributed by atoms with Crippen LogP contribution in [-0.4, -0.2) is 44.4 Å². The van der Waals surface area contributed by atoms with Gasteiger partial charge in [-0.25, -0.2) is 0 Å². The Bertz CT molecular complexity index is 642. The van der Waals surface area contributed by atoms with E-state index in [0.29, 0.717) is 19.8 Å². The van der Waals surface area contributed by atoms with E-state index in [1.54, 1.807) is 0 Å². The van der Waals surface area contributed by atoms with Crippen molar-refractivity contribution in [2.24, 2.45) is 0 Å². The minimum Gasteiger partial charge on any atom is -0.494 e. The molecule has 3 rings (SSSR count). The van der Waals surface area contributed by atoms with Gasteiger partial charge in [-0.1, -0.05) is 24.3 Å². The van der Waals surface area contributed by atoms with E-state index >= 15 is 0 Å². The molecule has 0 radical (unpaired) electrons. The van der Waals surface area contributed by atoms with Crippen LogP contribution in [0.2, 0.25) is 0 Å². The Labute approximate surface area is 150 Å². The van der Waals surface area contributed by atoms with Gasteiger partial charge in [-0.2, -0.15) is 0 Å². The van der Waals surface area contributed by atoms with Crippen LogP contribution in [0.4, 0.5) is 0 Å². The first-order valence-electron chi connectivity index (χ1n) is 9.07. The molecule has 134 valence electrons. The van der Waals surface area contributed by atoms with Gasteiger partial charge in [0.05, 0.1) is 19.8 Å². The van der Waals surface area contributed by atoms with Crippen LogP contribution in [0.3, 0.4) is 0 Å². The summed E-state index contributed by atoms with van der Waals surface area (Å²) >= 11 is 0. The maximum absolute atomic E-state index is 5.72. The standard InChI is InChI=1S/C21H27NO3/c1-2-24-20-7-9-21(10-8-20)25-16-15-23-14-13-22-12-11-18-5-3-4-6-19(18)17-22/h3-10H,2,11-17H2,1H3. The molecule has 0 saturated heterocycles. The van der Waals surface area contributed by atoms with Crippen molar-refractivity contribution in [1.29, 1.82) is 0 Å². The van der Waals surface area contributed by atoms with E-state index in [0.717, 1.165) is 44.2 Å². The van der Waals surface area contributed by atoms with Crippen LogP contribution < -0.4 is 9.47 Å². The maximum atomic E-state index is 5.72. The van der Waals surface area contributed by atoms with Gasteiger partial charge in [0.1, 0.15) is 18.1 Å². The summed E-state index contributed by atoms with van der Waals surface area (Å²) in [6, 6.07) is 16.4. The maximum Gasteiger partial charge on any atom is 0.119 e. The third-order valence-corrected chi connectivity index (χ3v) is 4.39. The molecule has 0 amide bonds. The zero-order chi connectivity index (χ0) is 17.3. The third kappa shape index (κ3) is 5.48. The molecular formula is C21H27NO3. The van der Waals surface area contributed by atoms with Crippen molar-refractivity contribution in [3.8, 4) is 11.5 Å². The van der Waals surface area contributed by atoms with Crippen molar-refractivity contribution >= 4 is 0 Å². The lowest BCUT2D eigenvalue weighted by atomic mass is 10.0. The van der Waals surface area contributed by atoms with Crippen LogP contribution in [-0.2, 0) is 17.7 Å². The van der Waals surface area contributed by atoms with E-state index in [1.165, 1.54) is 11.1 Å². The predicted octanol–water partition coefficient (Wildman–Crippen LogP) is 3.54. The van der Waals surface area contributed by atoms with E-state index in [1.807, 2.05) is 31.2 Å². The lowest BCUT2D eigenvalue weighted by Gasteiger charge is -2.28. The number of hydrogen-bond acceptors (Lipinski definition) is 4. The molecule has 25 heavy (non-hydrogen) atoms. The van der Waals surface area contributed by atoms with Crippen molar-refractivity contribution in [1.82, 2.24) is 4.90 Å². The molecule has 1 heterocycles. The molecule has 0 aliphatic carbocycles. The summed E-state index contributed by atoms with van der Waals surface area (Å²) in [7, 11) is 0. The smallest absolute Gasteiger partial charge is 0.119 e. The van der Waals surface area contributed by atoms with E-state index in [2.05, 4.69) is 29.2 Å². The molecule has 4 nitrogen and oxygen atoms in total. The molecule has 0 saturated carbocycles. The van der Waals surface area contributed by atoms with Crippen LogP contribution in [0, 0.1) is 0 Å². The molecule has 0 N–H and O–H groups in total. The monoisotopic (exact) mass is 341 g/mol. The van der Waals surface area contributed by atoms with Gasteiger partial charge >= 0.3 is 0 Å². The number of benzene rings is 2. The Balaban J connectivity index is 1.28. The first-order valence-corrected chi connectivity index (χ1v) is 9.07. The number of ether oxygens (including phenoxy) is 3. The van der Waals surface area contributed by atoms with Gasteiger partial charge in [-0.3, -0.25) is 4.90 Å². The van der Waals surface area contributed by atoms with Crippen molar-refractivity contribution < 1.29 is 14.2 Å². The van der Waals surface area contributed by atoms with E-state index in [4.69, 9.17) is 14.2 Å². The van der Waals surface area contributed by atoms with Crippen molar-refractivity contribution in [3.05, 3.63) is 59.7 Å². The highest BCUT2D eigenvalue weighted by Crippen LogP contribution is 2.18. The van der Waals surface area contributed by atoms with Gasteiger partial charge in [0.25, 0.3) is 0 Å². The molecule has 2 aromatic carbocycles. The zero-order valence-electron chi connectivity index (χ0n) is 14.9. The quantitative estimate of drug-likeness (QED) is 0.653. The molecule has 0 unspecified atom stereocenters. The van der Waals surface area contributed by atoms with Crippen molar-refractivity contribution in [2.45, 2.75) is 19.9 Å². The van der Waals surface area contributed by atoms with Crippen LogP contribution in [0.25, 0.3) is 0 Å². The summed E-state index contributed by atoms with van der Waals surface area (Å²) in [5, 5.41) is 0. The van der Waals surface area contributed by atoms with Gasteiger partial charge in [0, 0.05) is 19.6 Å². The molecule has 0 atom stereocenters. The average molecular weight is 341 g/mol. The fourth-order valence-corrected chi connectivity index (χ4v) is 3.06. The minimum absolute atomic E-state index is 0.566. The summed E-state index contributed by atoms with van der Waals surface area (Å²) in [5.41, 5.74) is 2.94. The van der Waals surface area contributed by atoms with E-state index in [9.17, 15) is 0 Å². The van der Waals surface area contributed by atoms with Gasteiger partial charge in [-0.05, 0) is 48.7 Å². The summed E-state index contributed by atoms with van der Waals surface area (Å²) in [4.78, 5) is 2.45. The molecule has 2 aromatic rings. The van der Waals surface area contributed by atoms with Crippen LogP contribution >= 0.6 is 0 Å². The first-order chi connectivity index (χ1) is 12.3. The third-order valence-electron chi connectivity index (χ3n) is 4.39. The molecular weight excluding hydrogens is 314 g/mol. The second-order valence-corrected chi connectivity index (χ2v) is 6.16. The molecule has 0 spiro atoms. The van der Waals surface area contributed by atoms with Crippen molar-refractivity contribution in [2.75, 3.05) is 39.5 Å². The topological polar surface area (TPSA) is 30.9 Å². The normalized spacial score (nSPS) is 14.1. The lowest BCUT2D eigenvalue weighted by molar-refractivity contribution is 0.0766. The summed E-state index contributed by atoms with van der Waals surface area (Å²) in [6.07, 6.45) is 1.14. The molecule has 0 aromatic heterocycles. The van der Waals surface area contributed by atoms with E-state index in [-0.39, 0.29) is 0 Å². The van der Waals surface area contributed by atoms with Gasteiger partial charge in [0.15, 0.2) is 0 Å². The highest BCUT2D eigenvalue weighted by Gasteiger charge is 2.14. The van der Waals surface area contributed by atoms with Gasteiger partial charge < -0.3 is 14.2 Å².